The first-order chi connectivity index (χ1) is 13.6. The van der Waals surface area contributed by atoms with Gasteiger partial charge < -0.3 is 14.1 Å². The van der Waals surface area contributed by atoms with Gasteiger partial charge in [0.2, 0.25) is 11.8 Å². The Hall–Kier alpha value is -3.68. The summed E-state index contributed by atoms with van der Waals surface area (Å²) in [7, 11) is 1.53. The number of anilines is 2. The monoisotopic (exact) mass is 378 g/mol. The van der Waals surface area contributed by atoms with Gasteiger partial charge in [-0.2, -0.15) is 0 Å². The summed E-state index contributed by atoms with van der Waals surface area (Å²) < 4.78 is 10.7. The van der Waals surface area contributed by atoms with Crippen molar-refractivity contribution in [3.05, 3.63) is 66.1 Å². The van der Waals surface area contributed by atoms with E-state index in [1.807, 2.05) is 30.3 Å². The lowest BCUT2D eigenvalue weighted by atomic mass is 10.1. The van der Waals surface area contributed by atoms with E-state index in [0.717, 1.165) is 5.69 Å². The van der Waals surface area contributed by atoms with Crippen LogP contribution < -0.4 is 15.0 Å². The summed E-state index contributed by atoms with van der Waals surface area (Å²) in [5.74, 6) is 0.290. The molecule has 1 aliphatic heterocycles. The Morgan fingerprint density at radius 1 is 1.18 bits per heavy atom. The van der Waals surface area contributed by atoms with Gasteiger partial charge in [-0.25, -0.2) is 0 Å². The van der Waals surface area contributed by atoms with Crippen LogP contribution in [0, 0.1) is 0 Å². The van der Waals surface area contributed by atoms with E-state index in [2.05, 4.69) is 15.5 Å². The minimum absolute atomic E-state index is 0.00336. The molecule has 0 aliphatic carbocycles. The Kier molecular flexibility index (Phi) is 4.76. The lowest BCUT2D eigenvalue weighted by molar-refractivity contribution is -0.117. The van der Waals surface area contributed by atoms with Crippen molar-refractivity contribution in [3.8, 4) is 5.75 Å². The molecule has 8 heteroatoms. The number of hydrogen-bond acceptors (Lipinski definition) is 6. The smallest absolute Gasteiger partial charge is 0.322 e. The van der Waals surface area contributed by atoms with E-state index in [1.165, 1.54) is 7.11 Å². The zero-order valence-corrected chi connectivity index (χ0v) is 15.2. The molecule has 2 heterocycles. The predicted octanol–water partition coefficient (Wildman–Crippen LogP) is 2.85. The molecular weight excluding hydrogens is 360 g/mol. The van der Waals surface area contributed by atoms with Crippen LogP contribution in [0.25, 0.3) is 0 Å². The summed E-state index contributed by atoms with van der Waals surface area (Å²) in [6, 6.07) is 16.2. The molecule has 2 amide bonds. The third-order valence-corrected chi connectivity index (χ3v) is 4.54. The number of methoxy groups -OCH3 is 1. The van der Waals surface area contributed by atoms with Gasteiger partial charge in [0.1, 0.15) is 5.75 Å². The number of amides is 2. The number of rotatable bonds is 5. The van der Waals surface area contributed by atoms with Crippen molar-refractivity contribution in [2.45, 2.75) is 12.3 Å². The van der Waals surface area contributed by atoms with E-state index in [0.29, 0.717) is 23.7 Å². The number of ether oxygens (including phenoxy) is 1. The average Bonchev–Trinajstić information content (AvgIpc) is 3.35. The Morgan fingerprint density at radius 3 is 2.79 bits per heavy atom. The molecule has 142 valence electrons. The van der Waals surface area contributed by atoms with E-state index in [-0.39, 0.29) is 30.2 Å². The number of para-hydroxylation sites is 1. The Balaban J connectivity index is 1.44. The highest BCUT2D eigenvalue weighted by Gasteiger charge is 2.35. The van der Waals surface area contributed by atoms with Gasteiger partial charge in [0.15, 0.2) is 0 Å². The minimum Gasteiger partial charge on any atom is -0.497 e. The maximum Gasteiger partial charge on any atom is 0.322 e. The fourth-order valence-electron chi connectivity index (χ4n) is 3.11. The van der Waals surface area contributed by atoms with E-state index in [4.69, 9.17) is 9.15 Å². The van der Waals surface area contributed by atoms with Gasteiger partial charge in [-0.1, -0.05) is 29.4 Å². The number of nitrogens with zero attached hydrogens (tertiary/aromatic N) is 3. The molecule has 0 spiro atoms. The van der Waals surface area contributed by atoms with Crippen LogP contribution in [0.5, 0.6) is 5.75 Å². The zero-order valence-electron chi connectivity index (χ0n) is 15.2. The topological polar surface area (TPSA) is 97.6 Å². The number of nitrogens with one attached hydrogen (secondary N) is 1. The molecule has 1 N–H and O–H groups in total. The van der Waals surface area contributed by atoms with Gasteiger partial charge in [0.25, 0.3) is 5.91 Å². The molecule has 0 saturated carbocycles. The van der Waals surface area contributed by atoms with Crippen molar-refractivity contribution >= 4 is 23.5 Å². The highest BCUT2D eigenvalue weighted by molar-refractivity contribution is 6.03. The minimum atomic E-state index is -0.387. The highest BCUT2D eigenvalue weighted by atomic mass is 16.5. The van der Waals surface area contributed by atoms with E-state index >= 15 is 0 Å². The Bertz CT molecular complexity index is 1000. The van der Waals surface area contributed by atoms with Gasteiger partial charge in [0.05, 0.1) is 13.0 Å². The third kappa shape index (κ3) is 3.57. The second kappa shape index (κ2) is 7.51. The maximum absolute atomic E-state index is 12.3. The quantitative estimate of drug-likeness (QED) is 0.733. The number of hydrogen-bond donors (Lipinski definition) is 1. The lowest BCUT2D eigenvalue weighted by Gasteiger charge is -2.15. The molecule has 8 nitrogen and oxygen atoms in total. The molecule has 4 rings (SSSR count). The molecule has 1 saturated heterocycles. The molecule has 1 atom stereocenters. The van der Waals surface area contributed by atoms with Crippen LogP contribution in [0.15, 0.2) is 59.0 Å². The average molecular weight is 378 g/mol. The van der Waals surface area contributed by atoms with Gasteiger partial charge in [-0.3, -0.25) is 14.9 Å². The van der Waals surface area contributed by atoms with Crippen LogP contribution in [0.3, 0.4) is 0 Å². The first-order valence-electron chi connectivity index (χ1n) is 8.78. The van der Waals surface area contributed by atoms with E-state index < -0.39 is 0 Å². The van der Waals surface area contributed by atoms with Gasteiger partial charge in [-0.15, -0.1) is 5.10 Å². The normalized spacial score (nSPS) is 16.2. The fraction of sp³-hybridized carbons (Fsp3) is 0.200. The molecular formula is C20H18N4O4. The Morgan fingerprint density at radius 2 is 2.00 bits per heavy atom. The van der Waals surface area contributed by atoms with Crippen LogP contribution in [-0.4, -0.2) is 35.7 Å². The summed E-state index contributed by atoms with van der Waals surface area (Å²) >= 11 is 0. The van der Waals surface area contributed by atoms with Crippen LogP contribution in [-0.2, 0) is 4.79 Å². The summed E-state index contributed by atoms with van der Waals surface area (Å²) in [6.07, 6.45) is 0.278. The summed E-state index contributed by atoms with van der Waals surface area (Å²) in [6.45, 7) is 0.453. The van der Waals surface area contributed by atoms with Crippen LogP contribution >= 0.6 is 0 Å². The van der Waals surface area contributed by atoms with Crippen molar-refractivity contribution in [2.75, 3.05) is 23.9 Å². The number of carbonyl (C=O) groups is 2. The molecule has 3 aromatic rings. The summed E-state index contributed by atoms with van der Waals surface area (Å²) in [4.78, 5) is 26.4. The van der Waals surface area contributed by atoms with Crippen molar-refractivity contribution in [3.63, 3.8) is 0 Å². The Labute approximate surface area is 161 Å². The molecule has 28 heavy (non-hydrogen) atoms. The second-order valence-corrected chi connectivity index (χ2v) is 6.37. The molecule has 0 unspecified atom stereocenters. The maximum atomic E-state index is 12.3. The van der Waals surface area contributed by atoms with Crippen molar-refractivity contribution in [1.29, 1.82) is 0 Å². The predicted molar refractivity (Wildman–Crippen MR) is 101 cm³/mol. The van der Waals surface area contributed by atoms with Crippen LogP contribution in [0.4, 0.5) is 11.7 Å². The molecule has 1 aromatic heterocycles. The van der Waals surface area contributed by atoms with Crippen molar-refractivity contribution in [1.82, 2.24) is 10.2 Å². The SMILES string of the molecule is COc1cccc(C(=O)Nc2nnc([C@@H]3CC(=O)N(c4ccccc4)C3)o2)c1. The summed E-state index contributed by atoms with van der Waals surface area (Å²) in [5.41, 5.74) is 1.24. The van der Waals surface area contributed by atoms with Crippen molar-refractivity contribution in [2.24, 2.45) is 0 Å². The number of carbonyl (C=O) groups excluding carboxylic acids is 2. The number of benzene rings is 2. The highest BCUT2D eigenvalue weighted by Crippen LogP contribution is 2.31. The van der Waals surface area contributed by atoms with E-state index in [1.54, 1.807) is 29.2 Å². The second-order valence-electron chi connectivity index (χ2n) is 6.37. The third-order valence-electron chi connectivity index (χ3n) is 4.54. The zero-order chi connectivity index (χ0) is 19.5. The fourth-order valence-corrected chi connectivity index (χ4v) is 3.11. The summed E-state index contributed by atoms with van der Waals surface area (Å²) in [5, 5.41) is 10.5. The van der Waals surface area contributed by atoms with Gasteiger partial charge in [0, 0.05) is 24.2 Å². The molecule has 1 fully saturated rings. The first-order valence-corrected chi connectivity index (χ1v) is 8.78. The van der Waals surface area contributed by atoms with E-state index in [9.17, 15) is 9.59 Å². The van der Waals surface area contributed by atoms with Crippen molar-refractivity contribution < 1.29 is 18.7 Å². The molecule has 0 bridgehead atoms. The first kappa shape index (κ1) is 17.7. The molecule has 0 radical (unpaired) electrons. The van der Waals surface area contributed by atoms with Gasteiger partial charge >= 0.3 is 6.01 Å². The largest absolute Gasteiger partial charge is 0.497 e. The number of aromatic nitrogens is 2. The molecule has 2 aromatic carbocycles. The van der Waals surface area contributed by atoms with Gasteiger partial charge in [-0.05, 0) is 30.3 Å². The standard InChI is InChI=1S/C20H18N4O4/c1-27-16-9-5-6-13(10-16)18(26)21-20-23-22-19(28-20)14-11-17(25)24(12-14)15-7-3-2-4-8-15/h2-10,14H,11-12H2,1H3,(H,21,23,26)/t14-/m1/s1. The lowest BCUT2D eigenvalue weighted by Crippen LogP contribution is -2.24. The van der Waals surface area contributed by atoms with Crippen LogP contribution in [0.1, 0.15) is 28.6 Å². The molecule has 1 aliphatic rings. The van der Waals surface area contributed by atoms with Crippen LogP contribution in [0.2, 0.25) is 0 Å².